The highest BCUT2D eigenvalue weighted by Gasteiger charge is 2.60. The molecule has 1 aromatic heterocycles. The van der Waals surface area contributed by atoms with Crippen LogP contribution in [0.3, 0.4) is 0 Å². The van der Waals surface area contributed by atoms with Crippen LogP contribution in [0.15, 0.2) is 41.2 Å². The Labute approximate surface area is 205 Å². The summed E-state index contributed by atoms with van der Waals surface area (Å²) in [5.74, 6) is -0.557. The Bertz CT molecular complexity index is 1240. The average Bonchev–Trinajstić information content (AvgIpc) is 3.46. The van der Waals surface area contributed by atoms with Gasteiger partial charge in [0.05, 0.1) is 36.6 Å². The molecule has 3 aliphatic heterocycles. The summed E-state index contributed by atoms with van der Waals surface area (Å²) in [4.78, 5) is 38.9. The number of ether oxygens (including phenoxy) is 1. The maximum Gasteiger partial charge on any atom is 0.356 e. The number of benzene rings is 1. The van der Waals surface area contributed by atoms with Crippen molar-refractivity contribution in [3.63, 3.8) is 0 Å². The molecular weight excluding hydrogens is 474 g/mol. The molecular formula is C23H26N5O6S+. The quantitative estimate of drug-likeness (QED) is 0.199. The number of aromatic nitrogens is 3. The topological polar surface area (TPSA) is 132 Å². The van der Waals surface area contributed by atoms with Gasteiger partial charge in [0.25, 0.3) is 12.0 Å². The fourth-order valence-electron chi connectivity index (χ4n) is 5.26. The van der Waals surface area contributed by atoms with E-state index in [0.717, 1.165) is 23.7 Å². The molecule has 1 fully saturated rings. The van der Waals surface area contributed by atoms with Gasteiger partial charge in [-0.05, 0) is 24.6 Å². The van der Waals surface area contributed by atoms with Crippen molar-refractivity contribution in [3.8, 4) is 0 Å². The van der Waals surface area contributed by atoms with Crippen molar-refractivity contribution < 1.29 is 28.9 Å². The number of hydrogen-bond acceptors (Lipinski definition) is 8. The molecule has 0 spiro atoms. The van der Waals surface area contributed by atoms with Crippen LogP contribution in [0.4, 0.5) is 5.69 Å². The maximum atomic E-state index is 13.3. The number of nitrogens with zero attached hydrogens (tertiary/aromatic N) is 5. The van der Waals surface area contributed by atoms with Crippen molar-refractivity contribution in [1.29, 1.82) is 0 Å². The first-order chi connectivity index (χ1) is 16.7. The molecule has 0 aliphatic carbocycles. The van der Waals surface area contributed by atoms with Gasteiger partial charge < -0.3 is 14.7 Å². The van der Waals surface area contributed by atoms with E-state index in [1.165, 1.54) is 29.2 Å². The first-order valence-corrected chi connectivity index (χ1v) is 12.3. The van der Waals surface area contributed by atoms with Gasteiger partial charge in [0.1, 0.15) is 17.6 Å². The highest BCUT2D eigenvalue weighted by molar-refractivity contribution is 8.03. The number of aliphatic hydroxyl groups is 1. The molecule has 0 bridgehead atoms. The van der Waals surface area contributed by atoms with Crippen molar-refractivity contribution in [1.82, 2.24) is 14.7 Å². The van der Waals surface area contributed by atoms with Crippen LogP contribution in [0.2, 0.25) is 0 Å². The van der Waals surface area contributed by atoms with Crippen LogP contribution in [-0.2, 0) is 34.5 Å². The molecule has 1 saturated heterocycles. The Kier molecular flexibility index (Phi) is 5.88. The summed E-state index contributed by atoms with van der Waals surface area (Å²) in [6, 6.07) is 5.48. The van der Waals surface area contributed by atoms with Crippen LogP contribution >= 0.6 is 11.8 Å². The fourth-order valence-corrected chi connectivity index (χ4v) is 6.83. The Morgan fingerprint density at radius 3 is 2.77 bits per heavy atom. The summed E-state index contributed by atoms with van der Waals surface area (Å²) >= 11 is 1.56. The van der Waals surface area contributed by atoms with E-state index in [1.54, 1.807) is 25.0 Å². The van der Waals surface area contributed by atoms with Crippen molar-refractivity contribution in [3.05, 3.63) is 62.7 Å². The van der Waals surface area contributed by atoms with Crippen LogP contribution in [0.5, 0.6) is 0 Å². The number of β-lactam (4-membered cyclic amide) rings is 1. The molecule has 12 heteroatoms. The lowest BCUT2D eigenvalue weighted by atomic mass is 9.79. The first-order valence-electron chi connectivity index (χ1n) is 11.4. The summed E-state index contributed by atoms with van der Waals surface area (Å²) in [7, 11) is 1.89. The van der Waals surface area contributed by atoms with Gasteiger partial charge >= 0.3 is 5.97 Å². The molecule has 5 atom stereocenters. The lowest BCUT2D eigenvalue weighted by Gasteiger charge is -2.46. The van der Waals surface area contributed by atoms with Crippen molar-refractivity contribution in [2.75, 3.05) is 0 Å². The maximum absolute atomic E-state index is 13.3. The average molecular weight is 501 g/mol. The molecule has 2 aromatic rings. The molecule has 1 unspecified atom stereocenters. The number of hydrogen-bond donors (Lipinski definition) is 1. The number of carbonyl (C=O) groups excluding carboxylic acids is 2. The van der Waals surface area contributed by atoms with Gasteiger partial charge in [0.15, 0.2) is 0 Å². The molecule has 5 rings (SSSR count). The number of nitro benzene ring substituents is 1. The number of rotatable bonds is 7. The Morgan fingerprint density at radius 1 is 1.40 bits per heavy atom. The van der Waals surface area contributed by atoms with Crippen molar-refractivity contribution in [2.24, 2.45) is 18.9 Å². The third-order valence-electron chi connectivity index (χ3n) is 7.00. The number of carbonyl (C=O) groups is 2. The highest BCUT2D eigenvalue weighted by atomic mass is 32.2. The second kappa shape index (κ2) is 8.76. The van der Waals surface area contributed by atoms with E-state index in [4.69, 9.17) is 4.74 Å². The van der Waals surface area contributed by atoms with Gasteiger partial charge in [0, 0.05) is 34.5 Å². The van der Waals surface area contributed by atoms with Gasteiger partial charge in [-0.3, -0.25) is 14.9 Å². The summed E-state index contributed by atoms with van der Waals surface area (Å²) in [6.07, 6.45) is 1.84. The number of esters is 1. The van der Waals surface area contributed by atoms with Gasteiger partial charge in [-0.15, -0.1) is 16.4 Å². The molecule has 0 radical (unpaired) electrons. The second-order valence-electron chi connectivity index (χ2n) is 9.17. The zero-order valence-corrected chi connectivity index (χ0v) is 20.3. The summed E-state index contributed by atoms with van der Waals surface area (Å²) in [5.41, 5.74) is 0.787. The number of aliphatic hydroxyl groups excluding tert-OH is 1. The zero-order chi connectivity index (χ0) is 25.0. The minimum atomic E-state index is -0.821. The van der Waals surface area contributed by atoms with E-state index in [-0.39, 0.29) is 41.1 Å². The summed E-state index contributed by atoms with van der Waals surface area (Å²) in [6.45, 7) is 4.32. The minimum Gasteiger partial charge on any atom is -0.456 e. The predicted octanol–water partition coefficient (Wildman–Crippen LogP) is 1.61. The smallest absolute Gasteiger partial charge is 0.356 e. The number of thioether (sulfide) groups is 1. The van der Waals surface area contributed by atoms with Crippen LogP contribution in [0.1, 0.15) is 36.9 Å². The molecule has 1 aromatic carbocycles. The number of aryl methyl sites for hydroxylation is 2. The third kappa shape index (κ3) is 3.80. The number of non-ortho nitro benzene ring substituents is 1. The summed E-state index contributed by atoms with van der Waals surface area (Å²) in [5, 5.41) is 25.5. The highest BCUT2D eigenvalue weighted by Crippen LogP contribution is 2.54. The van der Waals surface area contributed by atoms with Crippen LogP contribution in [-0.4, -0.2) is 48.7 Å². The Morgan fingerprint density at radius 2 is 2.11 bits per heavy atom. The Hall–Kier alpha value is -3.25. The normalized spacial score (nSPS) is 25.8. The lowest BCUT2D eigenvalue weighted by molar-refractivity contribution is -0.691. The lowest BCUT2D eigenvalue weighted by Crippen LogP contribution is -2.63. The largest absolute Gasteiger partial charge is 0.456 e. The molecule has 1 N–H and O–H groups in total. The van der Waals surface area contributed by atoms with Crippen LogP contribution < -0.4 is 4.57 Å². The van der Waals surface area contributed by atoms with Gasteiger partial charge in [-0.2, -0.15) is 0 Å². The van der Waals surface area contributed by atoms with Crippen molar-refractivity contribution >= 4 is 29.3 Å². The fraction of sp³-hybridized carbons (Fsp3) is 0.478. The second-order valence-corrected chi connectivity index (χ2v) is 10.4. The molecule has 184 valence electrons. The first kappa shape index (κ1) is 23.5. The van der Waals surface area contributed by atoms with Gasteiger partial charge in [-0.25, -0.2) is 9.36 Å². The van der Waals surface area contributed by atoms with E-state index in [2.05, 4.69) is 9.67 Å². The monoisotopic (exact) mass is 500 g/mol. The van der Waals surface area contributed by atoms with E-state index in [9.17, 15) is 24.8 Å². The van der Waals surface area contributed by atoms with Gasteiger partial charge in [0.2, 0.25) is 11.7 Å². The third-order valence-corrected chi connectivity index (χ3v) is 8.55. The van der Waals surface area contributed by atoms with E-state index >= 15 is 0 Å². The number of amides is 1. The van der Waals surface area contributed by atoms with Crippen LogP contribution in [0, 0.1) is 22.0 Å². The predicted molar refractivity (Wildman–Crippen MR) is 123 cm³/mol. The number of nitro groups is 1. The molecule has 1 amide bonds. The zero-order valence-electron chi connectivity index (χ0n) is 19.5. The van der Waals surface area contributed by atoms with Gasteiger partial charge in [-0.1, -0.05) is 6.92 Å². The Balaban J connectivity index is 1.41. The standard InChI is InChI=1S/C23H26N5O6S/c1-12-18-17(13(2)29)22(30)27(18)19(20(12)35-16-8-9-26-11-24-25(3)21(16)26)23(31)34-10-14-4-6-15(7-5-14)28(32)33/h4-7,11-13,16-18,29H,8-10H2,1-3H3/q+1/t12-,13-,16?,17-,18-/m1/s1. The van der Waals surface area contributed by atoms with E-state index < -0.39 is 22.9 Å². The molecule has 11 nitrogen and oxygen atoms in total. The minimum absolute atomic E-state index is 0.0479. The summed E-state index contributed by atoms with van der Waals surface area (Å²) < 4.78 is 9.49. The molecule has 4 heterocycles. The molecule has 0 saturated carbocycles. The van der Waals surface area contributed by atoms with E-state index in [1.807, 2.05) is 18.7 Å². The van der Waals surface area contributed by atoms with E-state index in [0.29, 0.717) is 5.56 Å². The number of fused-ring (bicyclic) bond motifs is 2. The molecule has 35 heavy (non-hydrogen) atoms. The van der Waals surface area contributed by atoms with Crippen molar-refractivity contribution in [2.45, 2.75) is 50.8 Å². The molecule has 3 aliphatic rings. The van der Waals surface area contributed by atoms with Crippen LogP contribution in [0.25, 0.3) is 0 Å². The SMILES string of the molecule is C[C@@H](O)[C@H]1C(=O)N2C(C(=O)OCc3ccc([N+](=O)[O-])cc3)=C(SC3CC[n+]4cnn(C)c43)[C@H](C)[C@H]12.